The summed E-state index contributed by atoms with van der Waals surface area (Å²) < 4.78 is 0. The first-order valence-corrected chi connectivity index (χ1v) is 9.36. The van der Waals surface area contributed by atoms with Crippen molar-refractivity contribution in [3.8, 4) is 0 Å². The van der Waals surface area contributed by atoms with E-state index >= 15 is 0 Å². The zero-order chi connectivity index (χ0) is 16.6. The van der Waals surface area contributed by atoms with Crippen molar-refractivity contribution in [2.45, 2.75) is 109 Å². The van der Waals surface area contributed by atoms with Gasteiger partial charge in [-0.2, -0.15) is 0 Å². The summed E-state index contributed by atoms with van der Waals surface area (Å²) in [6.45, 7) is 1.82. The van der Waals surface area contributed by atoms with Crippen LogP contribution in [0.2, 0.25) is 0 Å². The predicted molar refractivity (Wildman–Crippen MR) is 92.8 cm³/mol. The van der Waals surface area contributed by atoms with Crippen LogP contribution in [0, 0.1) is 0 Å². The average Bonchev–Trinajstić information content (AvgIpc) is 2.54. The van der Waals surface area contributed by atoms with Crippen LogP contribution in [0.5, 0.6) is 0 Å². The largest absolute Gasteiger partial charge is 0.394 e. The first-order valence-electron chi connectivity index (χ1n) is 9.36. The molecule has 0 unspecified atom stereocenters. The number of hydrogen-bond donors (Lipinski definition) is 4. The first kappa shape index (κ1) is 21.8. The molecule has 0 aliphatic rings. The van der Waals surface area contributed by atoms with Gasteiger partial charge >= 0.3 is 0 Å². The van der Waals surface area contributed by atoms with Crippen LogP contribution < -0.4 is 5.73 Å². The van der Waals surface area contributed by atoms with Gasteiger partial charge in [0, 0.05) is 6.04 Å². The van der Waals surface area contributed by atoms with E-state index in [0.717, 1.165) is 12.8 Å². The highest BCUT2D eigenvalue weighted by atomic mass is 16.4. The number of aliphatic hydroxyl groups is 3. The van der Waals surface area contributed by atoms with Crippen LogP contribution in [0.3, 0.4) is 0 Å². The molecule has 0 aliphatic heterocycles. The summed E-state index contributed by atoms with van der Waals surface area (Å²) in [4.78, 5) is 0. The summed E-state index contributed by atoms with van der Waals surface area (Å²) in [5.74, 6) is 0. The molecule has 0 spiro atoms. The highest BCUT2D eigenvalue weighted by Gasteiger charge is 2.21. The first-order chi connectivity index (χ1) is 10.6. The summed E-state index contributed by atoms with van der Waals surface area (Å²) in [5.41, 5.74) is 5.80. The quantitative estimate of drug-likeness (QED) is 0.329. The topological polar surface area (TPSA) is 86.7 Å². The Hall–Kier alpha value is -0.160. The molecule has 0 saturated heterocycles. The van der Waals surface area contributed by atoms with Gasteiger partial charge in [-0.3, -0.25) is 0 Å². The fourth-order valence-corrected chi connectivity index (χ4v) is 2.79. The lowest BCUT2D eigenvalue weighted by molar-refractivity contribution is -0.0272. The maximum absolute atomic E-state index is 9.63. The van der Waals surface area contributed by atoms with Gasteiger partial charge in [0.2, 0.25) is 0 Å². The van der Waals surface area contributed by atoms with Gasteiger partial charge in [0.05, 0.1) is 12.7 Å². The predicted octanol–water partition coefficient (Wildman–Crippen LogP) is 3.12. The van der Waals surface area contributed by atoms with Crippen molar-refractivity contribution in [1.29, 1.82) is 0 Å². The molecule has 0 amide bonds. The van der Waals surface area contributed by atoms with Crippen molar-refractivity contribution in [3.05, 3.63) is 0 Å². The SMILES string of the molecule is CCCCCCCCCCCCCC[C@@H](N)[C@@H](O)[C@@H](O)CO. The molecule has 0 aromatic heterocycles. The van der Waals surface area contributed by atoms with Crippen molar-refractivity contribution in [2.75, 3.05) is 6.61 Å². The van der Waals surface area contributed by atoms with Crippen LogP contribution in [0.15, 0.2) is 0 Å². The van der Waals surface area contributed by atoms with E-state index in [4.69, 9.17) is 10.8 Å². The van der Waals surface area contributed by atoms with Crippen LogP contribution in [-0.4, -0.2) is 40.2 Å². The van der Waals surface area contributed by atoms with Gasteiger partial charge in [-0.15, -0.1) is 0 Å². The number of rotatable bonds is 16. The van der Waals surface area contributed by atoms with Gasteiger partial charge in [-0.1, -0.05) is 84.0 Å². The summed E-state index contributed by atoms with van der Waals surface area (Å²) in [5, 5.41) is 27.7. The second-order valence-electron chi connectivity index (χ2n) is 6.58. The van der Waals surface area contributed by atoms with Gasteiger partial charge < -0.3 is 21.1 Å². The average molecular weight is 318 g/mol. The number of unbranched alkanes of at least 4 members (excludes halogenated alkanes) is 11. The minimum atomic E-state index is -1.12. The lowest BCUT2D eigenvalue weighted by Crippen LogP contribution is -2.44. The Kier molecular flexibility index (Phi) is 15.6. The lowest BCUT2D eigenvalue weighted by atomic mass is 9.99. The summed E-state index contributed by atoms with van der Waals surface area (Å²) in [7, 11) is 0. The van der Waals surface area contributed by atoms with E-state index in [-0.39, 0.29) is 0 Å². The van der Waals surface area contributed by atoms with Gasteiger partial charge in [0.1, 0.15) is 6.10 Å². The van der Waals surface area contributed by atoms with Crippen molar-refractivity contribution in [3.63, 3.8) is 0 Å². The van der Waals surface area contributed by atoms with Crippen LogP contribution in [0.4, 0.5) is 0 Å². The van der Waals surface area contributed by atoms with Gasteiger partial charge in [0.25, 0.3) is 0 Å². The molecule has 0 rings (SSSR count). The zero-order valence-electron chi connectivity index (χ0n) is 14.6. The third-order valence-corrected chi connectivity index (χ3v) is 4.41. The molecule has 0 fully saturated rings. The van der Waals surface area contributed by atoms with E-state index < -0.39 is 24.9 Å². The molecular formula is C18H39NO3. The van der Waals surface area contributed by atoms with E-state index in [1.165, 1.54) is 64.2 Å². The Bertz CT molecular complexity index is 226. The molecule has 0 aromatic carbocycles. The molecule has 0 aliphatic carbocycles. The smallest absolute Gasteiger partial charge is 0.104 e. The molecule has 3 atom stereocenters. The van der Waals surface area contributed by atoms with Crippen LogP contribution in [0.1, 0.15) is 90.4 Å². The molecule has 0 heterocycles. The molecule has 22 heavy (non-hydrogen) atoms. The monoisotopic (exact) mass is 317 g/mol. The molecule has 0 aromatic rings. The summed E-state index contributed by atoms with van der Waals surface area (Å²) in [6.07, 6.45) is 14.1. The third-order valence-electron chi connectivity index (χ3n) is 4.41. The highest BCUT2D eigenvalue weighted by Crippen LogP contribution is 2.13. The van der Waals surface area contributed by atoms with Crippen LogP contribution in [0.25, 0.3) is 0 Å². The van der Waals surface area contributed by atoms with Crippen LogP contribution in [-0.2, 0) is 0 Å². The van der Waals surface area contributed by atoms with Gasteiger partial charge in [-0.25, -0.2) is 0 Å². The maximum Gasteiger partial charge on any atom is 0.104 e. The summed E-state index contributed by atoms with van der Waals surface area (Å²) in [6, 6.07) is -0.440. The fourth-order valence-electron chi connectivity index (χ4n) is 2.79. The minimum Gasteiger partial charge on any atom is -0.394 e. The third kappa shape index (κ3) is 12.4. The van der Waals surface area contributed by atoms with E-state index in [2.05, 4.69) is 6.92 Å². The van der Waals surface area contributed by atoms with E-state index in [1.54, 1.807) is 0 Å². The van der Waals surface area contributed by atoms with Gasteiger partial charge in [-0.05, 0) is 6.42 Å². The maximum atomic E-state index is 9.63. The highest BCUT2D eigenvalue weighted by molar-refractivity contribution is 4.77. The van der Waals surface area contributed by atoms with Crippen molar-refractivity contribution in [1.82, 2.24) is 0 Å². The summed E-state index contributed by atoms with van der Waals surface area (Å²) >= 11 is 0. The van der Waals surface area contributed by atoms with Crippen molar-refractivity contribution >= 4 is 0 Å². The fraction of sp³-hybridized carbons (Fsp3) is 1.00. The van der Waals surface area contributed by atoms with E-state index in [1.807, 2.05) is 0 Å². The molecule has 5 N–H and O–H groups in total. The second-order valence-corrected chi connectivity index (χ2v) is 6.58. The zero-order valence-corrected chi connectivity index (χ0v) is 14.6. The lowest BCUT2D eigenvalue weighted by Gasteiger charge is -2.22. The second kappa shape index (κ2) is 15.7. The molecule has 134 valence electrons. The molecule has 0 bridgehead atoms. The number of hydrogen-bond acceptors (Lipinski definition) is 4. The molecule has 0 saturated carbocycles. The van der Waals surface area contributed by atoms with Gasteiger partial charge in [0.15, 0.2) is 0 Å². The Balaban J connectivity index is 3.26. The van der Waals surface area contributed by atoms with Crippen LogP contribution >= 0.6 is 0 Å². The number of aliphatic hydroxyl groups excluding tert-OH is 3. The minimum absolute atomic E-state index is 0.437. The molecule has 0 radical (unpaired) electrons. The Morgan fingerprint density at radius 2 is 1.14 bits per heavy atom. The van der Waals surface area contributed by atoms with Crippen molar-refractivity contribution in [2.24, 2.45) is 5.73 Å². The standard InChI is InChI=1S/C18H39NO3/c1-2-3-4-5-6-7-8-9-10-11-12-13-14-16(19)18(22)17(21)15-20/h16-18,20-22H,2-15,19H2,1H3/t16-,17+,18-/m1/s1. The molecule has 4 heteroatoms. The van der Waals surface area contributed by atoms with E-state index in [9.17, 15) is 10.2 Å². The Labute approximate surface area is 137 Å². The molecular weight excluding hydrogens is 278 g/mol. The normalized spacial score (nSPS) is 15.7. The van der Waals surface area contributed by atoms with Crippen molar-refractivity contribution < 1.29 is 15.3 Å². The Morgan fingerprint density at radius 3 is 1.55 bits per heavy atom. The van der Waals surface area contributed by atoms with E-state index in [0.29, 0.717) is 6.42 Å². The Morgan fingerprint density at radius 1 is 0.727 bits per heavy atom. The molecule has 4 nitrogen and oxygen atoms in total. The number of nitrogens with two attached hydrogens (primary N) is 1.